The highest BCUT2D eigenvalue weighted by Crippen LogP contribution is 2.33. The molecule has 1 amide bonds. The largest absolute Gasteiger partial charge is 0.494 e. The molecular formula is C26H26FN5O4S. The van der Waals surface area contributed by atoms with Gasteiger partial charge in [0, 0.05) is 78.1 Å². The molecule has 1 saturated heterocycles. The molecule has 5 rings (SSSR count). The van der Waals surface area contributed by atoms with Gasteiger partial charge >= 0.3 is 0 Å². The average molecular weight is 524 g/mol. The van der Waals surface area contributed by atoms with Crippen LogP contribution in [0.1, 0.15) is 6.92 Å². The minimum atomic E-state index is -3.56. The summed E-state index contributed by atoms with van der Waals surface area (Å²) >= 11 is 0. The van der Waals surface area contributed by atoms with Crippen molar-refractivity contribution in [2.45, 2.75) is 24.7 Å². The molecule has 0 bridgehead atoms. The Morgan fingerprint density at radius 2 is 1.86 bits per heavy atom. The van der Waals surface area contributed by atoms with Gasteiger partial charge < -0.3 is 19.5 Å². The lowest BCUT2D eigenvalue weighted by molar-refractivity contribution is -0.134. The molecule has 2 aromatic heterocycles. The Hall–Kier alpha value is -3.99. The number of anilines is 1. The molecule has 1 atom stereocenters. The number of nitrogens with zero attached hydrogens (tertiary/aromatic N) is 5. The first-order chi connectivity index (χ1) is 17.6. The van der Waals surface area contributed by atoms with Crippen molar-refractivity contribution < 1.29 is 22.7 Å². The number of aromatic hydroxyl groups is 1. The summed E-state index contributed by atoms with van der Waals surface area (Å²) in [6.45, 7) is 3.44. The van der Waals surface area contributed by atoms with E-state index < -0.39 is 15.7 Å². The van der Waals surface area contributed by atoms with Crippen LogP contribution in [-0.4, -0.2) is 70.8 Å². The molecule has 9 nitrogen and oxygen atoms in total. The van der Waals surface area contributed by atoms with Gasteiger partial charge in [-0.3, -0.25) is 4.79 Å². The summed E-state index contributed by atoms with van der Waals surface area (Å²) in [5.74, 6) is -0.478. The minimum Gasteiger partial charge on any atom is -0.494 e. The zero-order valence-electron chi connectivity index (χ0n) is 20.4. The fourth-order valence-corrected chi connectivity index (χ4v) is 5.25. The molecular weight excluding hydrogens is 497 g/mol. The highest BCUT2D eigenvalue weighted by Gasteiger charge is 2.29. The Morgan fingerprint density at radius 1 is 1.14 bits per heavy atom. The summed E-state index contributed by atoms with van der Waals surface area (Å²) in [5, 5.41) is 11.8. The number of carbonyl (C=O) groups excluding carboxylic acids is 1. The second-order valence-electron chi connectivity index (χ2n) is 9.24. The number of benzene rings is 2. The first kappa shape index (κ1) is 24.7. The molecule has 1 unspecified atom stereocenters. The molecule has 1 aliphatic rings. The van der Waals surface area contributed by atoms with Crippen molar-refractivity contribution >= 4 is 32.2 Å². The minimum absolute atomic E-state index is 0.0245. The molecule has 0 spiro atoms. The SMILES string of the molecule is CC1CN(c2ccc(F)cc2-c2cnc(S(C)(=O)=O)nc2)CCN1C(=O)Cn1cc2ccccc2c1O. The second kappa shape index (κ2) is 9.47. The average Bonchev–Trinajstić information content (AvgIpc) is 3.18. The molecule has 1 fully saturated rings. The Morgan fingerprint density at radius 3 is 2.54 bits per heavy atom. The number of hydrogen-bond donors (Lipinski definition) is 1. The number of sulfone groups is 1. The molecule has 0 saturated carbocycles. The summed E-state index contributed by atoms with van der Waals surface area (Å²) < 4.78 is 39.2. The quantitative estimate of drug-likeness (QED) is 0.401. The first-order valence-corrected chi connectivity index (χ1v) is 13.6. The van der Waals surface area contributed by atoms with Crippen molar-refractivity contribution in [3.63, 3.8) is 0 Å². The monoisotopic (exact) mass is 523 g/mol. The van der Waals surface area contributed by atoms with Gasteiger partial charge in [0.05, 0.1) is 0 Å². The van der Waals surface area contributed by atoms with Gasteiger partial charge in [0.1, 0.15) is 12.4 Å². The zero-order valence-corrected chi connectivity index (χ0v) is 21.2. The van der Waals surface area contributed by atoms with E-state index in [0.717, 1.165) is 17.3 Å². The van der Waals surface area contributed by atoms with Gasteiger partial charge in [-0.25, -0.2) is 22.8 Å². The maximum absolute atomic E-state index is 14.2. The van der Waals surface area contributed by atoms with E-state index >= 15 is 0 Å². The normalized spacial score (nSPS) is 16.4. The van der Waals surface area contributed by atoms with Crippen LogP contribution < -0.4 is 4.90 Å². The van der Waals surface area contributed by atoms with E-state index in [9.17, 15) is 22.7 Å². The lowest BCUT2D eigenvalue weighted by Crippen LogP contribution is -2.54. The fourth-order valence-electron chi connectivity index (χ4n) is 4.76. The summed E-state index contributed by atoms with van der Waals surface area (Å²) in [6.07, 6.45) is 5.54. The maximum Gasteiger partial charge on any atom is 0.246 e. The predicted octanol–water partition coefficient (Wildman–Crippen LogP) is 3.08. The van der Waals surface area contributed by atoms with E-state index in [1.807, 2.05) is 31.2 Å². The van der Waals surface area contributed by atoms with Gasteiger partial charge in [-0.1, -0.05) is 18.2 Å². The number of aromatic nitrogens is 3. The molecule has 11 heteroatoms. The molecule has 0 aliphatic carbocycles. The van der Waals surface area contributed by atoms with Crippen LogP contribution in [0.5, 0.6) is 5.88 Å². The van der Waals surface area contributed by atoms with Gasteiger partial charge in [0.2, 0.25) is 20.9 Å². The van der Waals surface area contributed by atoms with Gasteiger partial charge in [-0.2, -0.15) is 0 Å². The Bertz CT molecular complexity index is 1590. The molecule has 192 valence electrons. The lowest BCUT2D eigenvalue weighted by Gasteiger charge is -2.41. The number of piperazine rings is 1. The summed E-state index contributed by atoms with van der Waals surface area (Å²) in [5.41, 5.74) is 1.77. The van der Waals surface area contributed by atoms with Crippen molar-refractivity contribution in [3.8, 4) is 17.0 Å². The van der Waals surface area contributed by atoms with Crippen LogP contribution in [0.15, 0.2) is 66.2 Å². The van der Waals surface area contributed by atoms with E-state index in [-0.39, 0.29) is 29.5 Å². The smallest absolute Gasteiger partial charge is 0.246 e. The molecule has 4 aromatic rings. The van der Waals surface area contributed by atoms with E-state index in [2.05, 4.69) is 14.9 Å². The van der Waals surface area contributed by atoms with Gasteiger partial charge in [-0.05, 0) is 31.2 Å². The highest BCUT2D eigenvalue weighted by atomic mass is 32.2. The third kappa shape index (κ3) is 4.86. The van der Waals surface area contributed by atoms with Crippen molar-refractivity contribution in [2.24, 2.45) is 0 Å². The molecule has 3 heterocycles. The number of halogens is 1. The lowest BCUT2D eigenvalue weighted by atomic mass is 10.0. The number of hydrogen-bond acceptors (Lipinski definition) is 7. The van der Waals surface area contributed by atoms with Crippen LogP contribution in [0.2, 0.25) is 0 Å². The van der Waals surface area contributed by atoms with Gasteiger partial charge in [0.15, 0.2) is 5.88 Å². The number of amides is 1. The Kier molecular flexibility index (Phi) is 6.32. The highest BCUT2D eigenvalue weighted by molar-refractivity contribution is 7.90. The third-order valence-corrected chi connectivity index (χ3v) is 7.47. The molecule has 2 aromatic carbocycles. The standard InChI is InChI=1S/C26H26FN5O4S/c1-17-14-30(9-10-32(17)24(33)16-31-15-18-5-3-4-6-21(18)25(31)34)23-8-7-20(27)11-22(23)19-12-28-26(29-13-19)37(2,35)36/h3-8,11-13,15,17,34H,9-10,14,16H2,1-2H3. The van der Waals surface area contributed by atoms with E-state index in [4.69, 9.17) is 0 Å². The predicted molar refractivity (Wildman–Crippen MR) is 138 cm³/mol. The van der Waals surface area contributed by atoms with Crippen LogP contribution >= 0.6 is 0 Å². The van der Waals surface area contributed by atoms with Crippen LogP contribution in [0.25, 0.3) is 21.9 Å². The molecule has 1 aliphatic heterocycles. The van der Waals surface area contributed by atoms with Crippen LogP contribution in [0.3, 0.4) is 0 Å². The zero-order chi connectivity index (χ0) is 26.3. The molecule has 37 heavy (non-hydrogen) atoms. The van der Waals surface area contributed by atoms with E-state index in [1.54, 1.807) is 21.7 Å². The summed E-state index contributed by atoms with van der Waals surface area (Å²) in [6, 6.07) is 11.7. The van der Waals surface area contributed by atoms with E-state index in [1.165, 1.54) is 24.5 Å². The van der Waals surface area contributed by atoms with Gasteiger partial charge in [0.25, 0.3) is 0 Å². The second-order valence-corrected chi connectivity index (χ2v) is 11.1. The van der Waals surface area contributed by atoms with Crippen molar-refractivity contribution in [2.75, 3.05) is 30.8 Å². The van der Waals surface area contributed by atoms with Crippen molar-refractivity contribution in [3.05, 3.63) is 66.9 Å². The van der Waals surface area contributed by atoms with Crippen molar-refractivity contribution in [1.29, 1.82) is 0 Å². The van der Waals surface area contributed by atoms with Gasteiger partial charge in [-0.15, -0.1) is 0 Å². The Balaban J connectivity index is 1.34. The number of fused-ring (bicyclic) bond motifs is 1. The maximum atomic E-state index is 14.2. The first-order valence-electron chi connectivity index (χ1n) is 11.7. The molecule has 0 radical (unpaired) electrons. The molecule has 1 N–H and O–H groups in total. The number of carbonyl (C=O) groups is 1. The summed E-state index contributed by atoms with van der Waals surface area (Å²) in [7, 11) is -3.56. The van der Waals surface area contributed by atoms with E-state index in [0.29, 0.717) is 36.1 Å². The number of rotatable bonds is 5. The van der Waals surface area contributed by atoms with Crippen molar-refractivity contribution in [1.82, 2.24) is 19.4 Å². The fraction of sp³-hybridized carbons (Fsp3) is 0.269. The topological polar surface area (TPSA) is 109 Å². The summed E-state index contributed by atoms with van der Waals surface area (Å²) in [4.78, 5) is 24.9. The van der Waals surface area contributed by atoms with Crippen LogP contribution in [0, 0.1) is 5.82 Å². The third-order valence-electron chi connectivity index (χ3n) is 6.59. The Labute approximate surface area is 213 Å². The van der Waals surface area contributed by atoms with Crippen LogP contribution in [0.4, 0.5) is 10.1 Å². The van der Waals surface area contributed by atoms with Crippen LogP contribution in [-0.2, 0) is 21.2 Å².